The van der Waals surface area contributed by atoms with Crippen molar-refractivity contribution in [3.8, 4) is 23.2 Å². The van der Waals surface area contributed by atoms with Crippen LogP contribution in [0.2, 0.25) is 0 Å². The van der Waals surface area contributed by atoms with Crippen molar-refractivity contribution in [2.75, 3.05) is 13.2 Å². The summed E-state index contributed by atoms with van der Waals surface area (Å²) >= 11 is 0. The van der Waals surface area contributed by atoms with E-state index in [-0.39, 0.29) is 31.9 Å². The minimum absolute atomic E-state index is 0.0271. The summed E-state index contributed by atoms with van der Waals surface area (Å²) in [5.41, 5.74) is 4.61. The summed E-state index contributed by atoms with van der Waals surface area (Å²) in [6.07, 6.45) is 0.378. The smallest absolute Gasteiger partial charge is 0.243 e. The number of carbonyl (C=O) groups excluding carboxylic acids is 3. The molecule has 0 fully saturated rings. The minimum Gasteiger partial charge on any atom is -0.455 e. The highest BCUT2D eigenvalue weighted by Crippen LogP contribution is 2.31. The van der Waals surface area contributed by atoms with E-state index >= 15 is 0 Å². The Labute approximate surface area is 267 Å². The maximum absolute atomic E-state index is 13.6. The molecule has 46 heavy (non-hydrogen) atoms. The van der Waals surface area contributed by atoms with Gasteiger partial charge in [-0.25, -0.2) is 0 Å². The first kappa shape index (κ1) is 31.8. The van der Waals surface area contributed by atoms with Gasteiger partial charge in [0.2, 0.25) is 17.7 Å². The fourth-order valence-corrected chi connectivity index (χ4v) is 5.16. The molecule has 8 nitrogen and oxygen atoms in total. The van der Waals surface area contributed by atoms with Gasteiger partial charge in [-0.15, -0.1) is 0 Å². The lowest BCUT2D eigenvalue weighted by Gasteiger charge is -2.23. The van der Waals surface area contributed by atoms with Crippen LogP contribution in [0.4, 0.5) is 0 Å². The van der Waals surface area contributed by atoms with E-state index in [9.17, 15) is 19.5 Å². The zero-order chi connectivity index (χ0) is 32.3. The molecule has 232 valence electrons. The van der Waals surface area contributed by atoms with Crippen LogP contribution < -0.4 is 16.0 Å². The third-order valence-electron chi connectivity index (χ3n) is 7.31. The first-order valence-corrected chi connectivity index (χ1v) is 15.1. The first-order valence-electron chi connectivity index (χ1n) is 15.1. The summed E-state index contributed by atoms with van der Waals surface area (Å²) in [6.45, 7) is 1.12. The highest BCUT2D eigenvalue weighted by atomic mass is 16.3. The normalized spacial score (nSPS) is 12.0. The third kappa shape index (κ3) is 8.50. The average molecular weight is 614 g/mol. The van der Waals surface area contributed by atoms with Crippen LogP contribution in [0.5, 0.6) is 0 Å². The summed E-state index contributed by atoms with van der Waals surface area (Å²) in [5, 5.41) is 18.4. The molecule has 0 radical (unpaired) electrons. The van der Waals surface area contributed by atoms with Crippen molar-refractivity contribution in [3.63, 3.8) is 0 Å². The van der Waals surface area contributed by atoms with Crippen LogP contribution in [0.1, 0.15) is 29.2 Å². The molecule has 5 rings (SSSR count). The van der Waals surface area contributed by atoms with E-state index in [4.69, 9.17) is 4.42 Å². The number of furan rings is 1. The summed E-state index contributed by atoms with van der Waals surface area (Å²) < 4.78 is 6.30. The van der Waals surface area contributed by atoms with Crippen molar-refractivity contribution in [2.24, 2.45) is 0 Å². The Hall–Kier alpha value is -5.65. The van der Waals surface area contributed by atoms with Gasteiger partial charge in [-0.3, -0.25) is 14.4 Å². The van der Waals surface area contributed by atoms with Crippen molar-refractivity contribution in [3.05, 3.63) is 131 Å². The largest absolute Gasteiger partial charge is 0.455 e. The van der Waals surface area contributed by atoms with Crippen LogP contribution in [-0.4, -0.2) is 48.1 Å². The van der Waals surface area contributed by atoms with Gasteiger partial charge >= 0.3 is 0 Å². The van der Waals surface area contributed by atoms with Gasteiger partial charge in [0.15, 0.2) is 0 Å². The molecule has 0 spiro atoms. The van der Waals surface area contributed by atoms with E-state index in [2.05, 4.69) is 27.8 Å². The minimum atomic E-state index is -1.00. The van der Waals surface area contributed by atoms with Crippen LogP contribution in [-0.2, 0) is 27.2 Å². The standard InChI is InChI=1S/C38H35N3O5/c1-26(43)40-34(23-28-13-7-3-8-14-28)38(45)41-33(37(44)39-19-20-42)24-29-21-31(18-17-27-11-5-2-6-12-27)36-32(22-29)25-35(46-36)30-15-9-4-10-16-30/h2-16,21-22,25,33-34,42H,19-20,23-24H2,1H3,(H,39,44)(H,40,43)(H,41,45)/t33-,34-/m0/s1. The third-order valence-corrected chi connectivity index (χ3v) is 7.31. The van der Waals surface area contributed by atoms with Gasteiger partial charge in [0, 0.05) is 42.8 Å². The zero-order valence-electron chi connectivity index (χ0n) is 25.5. The van der Waals surface area contributed by atoms with E-state index in [1.807, 2.05) is 109 Å². The van der Waals surface area contributed by atoms with Crippen molar-refractivity contribution in [1.82, 2.24) is 16.0 Å². The summed E-state index contributed by atoms with van der Waals surface area (Å²) in [6, 6.07) is 32.5. The molecule has 5 aromatic rings. The quantitative estimate of drug-likeness (QED) is 0.165. The zero-order valence-corrected chi connectivity index (χ0v) is 25.5. The lowest BCUT2D eigenvalue weighted by atomic mass is 9.99. The molecule has 0 aliphatic heterocycles. The molecule has 0 bridgehead atoms. The number of benzene rings is 4. The van der Waals surface area contributed by atoms with Crippen LogP contribution in [0.3, 0.4) is 0 Å². The molecule has 0 saturated heterocycles. The van der Waals surface area contributed by atoms with Gasteiger partial charge in [0.1, 0.15) is 23.4 Å². The second-order valence-electron chi connectivity index (χ2n) is 10.9. The lowest BCUT2D eigenvalue weighted by Crippen LogP contribution is -2.55. The highest BCUT2D eigenvalue weighted by Gasteiger charge is 2.27. The van der Waals surface area contributed by atoms with E-state index in [0.29, 0.717) is 16.9 Å². The number of hydrogen-bond acceptors (Lipinski definition) is 5. The molecule has 0 saturated carbocycles. The van der Waals surface area contributed by atoms with E-state index in [0.717, 1.165) is 27.6 Å². The Morgan fingerprint density at radius 1 is 0.739 bits per heavy atom. The summed E-state index contributed by atoms with van der Waals surface area (Å²) in [5.74, 6) is 5.80. The van der Waals surface area contributed by atoms with E-state index < -0.39 is 23.9 Å². The van der Waals surface area contributed by atoms with Crippen LogP contribution in [0.25, 0.3) is 22.3 Å². The van der Waals surface area contributed by atoms with Crippen molar-refractivity contribution >= 4 is 28.7 Å². The van der Waals surface area contributed by atoms with Crippen LogP contribution in [0, 0.1) is 11.8 Å². The van der Waals surface area contributed by atoms with Gasteiger partial charge in [0.25, 0.3) is 0 Å². The summed E-state index contributed by atoms with van der Waals surface area (Å²) in [4.78, 5) is 38.9. The molecule has 2 atom stereocenters. The van der Waals surface area contributed by atoms with Gasteiger partial charge in [0.05, 0.1) is 12.2 Å². The van der Waals surface area contributed by atoms with E-state index in [1.54, 1.807) is 0 Å². The number of amides is 3. The number of aliphatic hydroxyl groups excluding tert-OH is 1. The van der Waals surface area contributed by atoms with E-state index in [1.165, 1.54) is 6.92 Å². The molecular formula is C38H35N3O5. The number of rotatable bonds is 11. The molecule has 0 aliphatic carbocycles. The number of hydrogen-bond donors (Lipinski definition) is 4. The predicted octanol–water partition coefficient (Wildman–Crippen LogP) is 4.38. The second-order valence-corrected chi connectivity index (χ2v) is 10.9. The average Bonchev–Trinajstić information content (AvgIpc) is 3.51. The van der Waals surface area contributed by atoms with Crippen LogP contribution in [0.15, 0.2) is 114 Å². The maximum Gasteiger partial charge on any atom is 0.243 e. The number of fused-ring (bicyclic) bond motifs is 1. The van der Waals surface area contributed by atoms with Gasteiger partial charge in [-0.05, 0) is 41.5 Å². The fraction of sp³-hybridized carbons (Fsp3) is 0.184. The Kier molecular flexibility index (Phi) is 10.6. The molecule has 4 aromatic carbocycles. The van der Waals surface area contributed by atoms with Crippen LogP contribution >= 0.6 is 0 Å². The fourth-order valence-electron chi connectivity index (χ4n) is 5.16. The monoisotopic (exact) mass is 613 g/mol. The van der Waals surface area contributed by atoms with Gasteiger partial charge < -0.3 is 25.5 Å². The number of carbonyl (C=O) groups is 3. The number of aliphatic hydroxyl groups is 1. The Morgan fingerprint density at radius 3 is 2.04 bits per heavy atom. The second kappa shape index (κ2) is 15.4. The Balaban J connectivity index is 1.49. The molecule has 0 unspecified atom stereocenters. The van der Waals surface area contributed by atoms with Crippen molar-refractivity contribution in [1.29, 1.82) is 0 Å². The molecule has 8 heteroatoms. The Bertz CT molecular complexity index is 1860. The Morgan fingerprint density at radius 2 is 1.37 bits per heavy atom. The molecule has 1 aromatic heterocycles. The van der Waals surface area contributed by atoms with Gasteiger partial charge in [-0.1, -0.05) is 90.7 Å². The molecule has 0 aliphatic rings. The van der Waals surface area contributed by atoms with Crippen molar-refractivity contribution in [2.45, 2.75) is 31.8 Å². The lowest BCUT2D eigenvalue weighted by molar-refractivity contribution is -0.131. The van der Waals surface area contributed by atoms with Crippen molar-refractivity contribution < 1.29 is 23.9 Å². The molecule has 3 amide bonds. The first-order chi connectivity index (χ1) is 22.4. The molecule has 1 heterocycles. The summed E-state index contributed by atoms with van der Waals surface area (Å²) in [7, 11) is 0. The maximum atomic E-state index is 13.6. The number of nitrogens with one attached hydrogen (secondary N) is 3. The molecular weight excluding hydrogens is 578 g/mol. The van der Waals surface area contributed by atoms with Gasteiger partial charge in [-0.2, -0.15) is 0 Å². The SMILES string of the molecule is CC(=O)N[C@@H](Cc1ccccc1)C(=O)N[C@@H](Cc1cc(C#Cc2ccccc2)c2oc(-c3ccccc3)cc2c1)C(=O)NCCO. The topological polar surface area (TPSA) is 121 Å². The highest BCUT2D eigenvalue weighted by molar-refractivity contribution is 5.93. The molecule has 4 N–H and O–H groups in total. The predicted molar refractivity (Wildman–Crippen MR) is 178 cm³/mol.